The number of benzene rings is 2. The first kappa shape index (κ1) is 18.0. The van der Waals surface area contributed by atoms with E-state index in [9.17, 15) is 9.90 Å². The molecular weight excluding hydrogens is 304 g/mol. The van der Waals surface area contributed by atoms with E-state index in [-0.39, 0.29) is 12.5 Å². The van der Waals surface area contributed by atoms with Gasteiger partial charge in [0.2, 0.25) is 5.91 Å². The number of carbonyl (C=O) groups excluding carboxylic acids is 1. The van der Waals surface area contributed by atoms with E-state index >= 15 is 0 Å². The van der Waals surface area contributed by atoms with Gasteiger partial charge in [0.25, 0.3) is 0 Å². The predicted octanol–water partition coefficient (Wildman–Crippen LogP) is 2.61. The second-order valence-electron chi connectivity index (χ2n) is 5.71. The fourth-order valence-electron chi connectivity index (χ4n) is 2.65. The number of carbonyl (C=O) groups is 1. The Balaban J connectivity index is 2.30. The Morgan fingerprint density at radius 3 is 2.58 bits per heavy atom. The molecule has 2 aromatic carbocycles. The van der Waals surface area contributed by atoms with Crippen LogP contribution < -0.4 is 10.1 Å². The van der Waals surface area contributed by atoms with Gasteiger partial charge in [0.1, 0.15) is 11.8 Å². The van der Waals surface area contributed by atoms with Crippen LogP contribution in [0.25, 0.3) is 0 Å². The lowest BCUT2D eigenvalue weighted by Crippen LogP contribution is -2.36. The van der Waals surface area contributed by atoms with E-state index in [0.717, 1.165) is 11.1 Å². The quantitative estimate of drug-likeness (QED) is 0.820. The van der Waals surface area contributed by atoms with Gasteiger partial charge in [-0.2, -0.15) is 0 Å². The van der Waals surface area contributed by atoms with Gasteiger partial charge < -0.3 is 15.2 Å². The summed E-state index contributed by atoms with van der Waals surface area (Å²) in [6, 6.07) is 14.7. The first-order valence-corrected chi connectivity index (χ1v) is 7.88. The average molecular weight is 328 g/mol. The third kappa shape index (κ3) is 4.34. The van der Waals surface area contributed by atoms with Crippen LogP contribution in [-0.2, 0) is 4.79 Å². The van der Waals surface area contributed by atoms with Crippen molar-refractivity contribution in [3.63, 3.8) is 0 Å². The van der Waals surface area contributed by atoms with Gasteiger partial charge in [-0.3, -0.25) is 9.69 Å². The number of nitrogens with one attached hydrogen (secondary N) is 1. The SMILES string of the molecule is COc1ccc(C)cc1NC(=O)C(c1ccccc1)N(C)CCO. The Morgan fingerprint density at radius 1 is 1.25 bits per heavy atom. The van der Waals surface area contributed by atoms with Gasteiger partial charge >= 0.3 is 0 Å². The zero-order valence-electron chi connectivity index (χ0n) is 14.3. The van der Waals surface area contributed by atoms with Gasteiger partial charge in [-0.15, -0.1) is 0 Å². The molecule has 24 heavy (non-hydrogen) atoms. The molecule has 0 saturated carbocycles. The molecule has 0 aromatic heterocycles. The molecule has 128 valence electrons. The zero-order valence-corrected chi connectivity index (χ0v) is 14.3. The molecule has 0 fully saturated rings. The normalized spacial score (nSPS) is 12.0. The van der Waals surface area contributed by atoms with Crippen molar-refractivity contribution in [2.24, 2.45) is 0 Å². The predicted molar refractivity (Wildman–Crippen MR) is 95.3 cm³/mol. The van der Waals surface area contributed by atoms with Crippen molar-refractivity contribution in [3.8, 4) is 5.75 Å². The minimum Gasteiger partial charge on any atom is -0.495 e. The van der Waals surface area contributed by atoms with Gasteiger partial charge in [-0.25, -0.2) is 0 Å². The fraction of sp³-hybridized carbons (Fsp3) is 0.316. The second kappa shape index (κ2) is 8.47. The molecule has 0 heterocycles. The molecule has 2 aromatic rings. The van der Waals surface area contributed by atoms with Crippen LogP contribution >= 0.6 is 0 Å². The van der Waals surface area contributed by atoms with Gasteiger partial charge in [0.05, 0.1) is 19.4 Å². The van der Waals surface area contributed by atoms with Crippen LogP contribution in [-0.4, -0.2) is 43.2 Å². The third-order valence-corrected chi connectivity index (χ3v) is 3.87. The minimum absolute atomic E-state index is 0.0130. The Labute approximate surface area is 142 Å². The lowest BCUT2D eigenvalue weighted by Gasteiger charge is -2.27. The van der Waals surface area contributed by atoms with Crippen molar-refractivity contribution in [3.05, 3.63) is 59.7 Å². The average Bonchev–Trinajstić information content (AvgIpc) is 2.56. The van der Waals surface area contributed by atoms with Crippen LogP contribution in [0.4, 0.5) is 5.69 Å². The number of likely N-dealkylation sites (N-methyl/N-ethyl adjacent to an activating group) is 1. The maximum absolute atomic E-state index is 12.9. The molecule has 1 unspecified atom stereocenters. The number of aliphatic hydroxyl groups excluding tert-OH is 1. The highest BCUT2D eigenvalue weighted by molar-refractivity contribution is 5.96. The summed E-state index contributed by atoms with van der Waals surface area (Å²) in [6.45, 7) is 2.35. The molecule has 1 amide bonds. The summed E-state index contributed by atoms with van der Waals surface area (Å²) >= 11 is 0. The summed E-state index contributed by atoms with van der Waals surface area (Å²) in [7, 11) is 3.40. The Bertz CT molecular complexity index is 674. The first-order chi connectivity index (χ1) is 11.6. The number of hydrogen-bond acceptors (Lipinski definition) is 4. The zero-order chi connectivity index (χ0) is 17.5. The number of aryl methyl sites for hydroxylation is 1. The second-order valence-corrected chi connectivity index (χ2v) is 5.71. The smallest absolute Gasteiger partial charge is 0.246 e. The molecule has 5 heteroatoms. The first-order valence-electron chi connectivity index (χ1n) is 7.88. The molecule has 2 N–H and O–H groups in total. The van der Waals surface area contributed by atoms with Gasteiger partial charge in [-0.05, 0) is 37.2 Å². The summed E-state index contributed by atoms with van der Waals surface area (Å²) in [5, 5.41) is 12.2. The molecule has 2 rings (SSSR count). The minimum atomic E-state index is -0.497. The number of hydrogen-bond donors (Lipinski definition) is 2. The number of ether oxygens (including phenoxy) is 1. The Morgan fingerprint density at radius 2 is 1.96 bits per heavy atom. The van der Waals surface area contributed by atoms with Crippen LogP contribution in [0.5, 0.6) is 5.75 Å². The number of aliphatic hydroxyl groups is 1. The highest BCUT2D eigenvalue weighted by Crippen LogP contribution is 2.28. The highest BCUT2D eigenvalue weighted by atomic mass is 16.5. The Hall–Kier alpha value is -2.37. The maximum atomic E-state index is 12.9. The molecule has 0 aliphatic carbocycles. The monoisotopic (exact) mass is 328 g/mol. The molecule has 1 atom stereocenters. The summed E-state index contributed by atoms with van der Waals surface area (Å²) in [5.41, 5.74) is 2.55. The van der Waals surface area contributed by atoms with Crippen LogP contribution in [0.3, 0.4) is 0 Å². The largest absolute Gasteiger partial charge is 0.495 e. The van der Waals surface area contributed by atoms with Crippen molar-refractivity contribution >= 4 is 11.6 Å². The van der Waals surface area contributed by atoms with E-state index in [2.05, 4.69) is 5.32 Å². The van der Waals surface area contributed by atoms with E-state index in [1.165, 1.54) is 0 Å². The van der Waals surface area contributed by atoms with E-state index in [0.29, 0.717) is 18.0 Å². The number of methoxy groups -OCH3 is 1. The Kier molecular flexibility index (Phi) is 6.35. The van der Waals surface area contributed by atoms with Crippen LogP contribution in [0.15, 0.2) is 48.5 Å². The van der Waals surface area contributed by atoms with Crippen molar-refractivity contribution in [2.45, 2.75) is 13.0 Å². The molecule has 5 nitrogen and oxygen atoms in total. The molecule has 0 aliphatic rings. The molecule has 0 radical (unpaired) electrons. The maximum Gasteiger partial charge on any atom is 0.246 e. The molecule has 0 spiro atoms. The summed E-state index contributed by atoms with van der Waals surface area (Å²) in [5.74, 6) is 0.451. The summed E-state index contributed by atoms with van der Waals surface area (Å²) in [6.07, 6.45) is 0. The number of nitrogens with zero attached hydrogens (tertiary/aromatic N) is 1. The summed E-state index contributed by atoms with van der Waals surface area (Å²) in [4.78, 5) is 14.7. The van der Waals surface area contributed by atoms with E-state index in [4.69, 9.17) is 4.74 Å². The van der Waals surface area contributed by atoms with E-state index < -0.39 is 6.04 Å². The number of rotatable bonds is 7. The van der Waals surface area contributed by atoms with Crippen molar-refractivity contribution < 1.29 is 14.6 Å². The van der Waals surface area contributed by atoms with Gasteiger partial charge in [0, 0.05) is 6.54 Å². The van der Waals surface area contributed by atoms with Gasteiger partial charge in [0.15, 0.2) is 0 Å². The van der Waals surface area contributed by atoms with E-state index in [1.54, 1.807) is 7.11 Å². The molecule has 0 aliphatic heterocycles. The van der Waals surface area contributed by atoms with Crippen molar-refractivity contribution in [2.75, 3.05) is 32.6 Å². The van der Waals surface area contributed by atoms with Gasteiger partial charge in [-0.1, -0.05) is 36.4 Å². The standard InChI is InChI=1S/C19H24N2O3/c1-14-9-10-17(24-3)16(13-14)20-19(23)18(21(2)11-12-22)15-7-5-4-6-8-15/h4-10,13,18,22H,11-12H2,1-3H3,(H,20,23). The number of amides is 1. The molecular formula is C19H24N2O3. The van der Waals surface area contributed by atoms with Crippen molar-refractivity contribution in [1.29, 1.82) is 0 Å². The van der Waals surface area contributed by atoms with E-state index in [1.807, 2.05) is 67.4 Å². The van der Waals surface area contributed by atoms with Crippen LogP contribution in [0.1, 0.15) is 17.2 Å². The molecule has 0 bridgehead atoms. The van der Waals surface area contributed by atoms with Crippen LogP contribution in [0.2, 0.25) is 0 Å². The number of anilines is 1. The highest BCUT2D eigenvalue weighted by Gasteiger charge is 2.25. The van der Waals surface area contributed by atoms with Crippen molar-refractivity contribution in [1.82, 2.24) is 4.90 Å². The topological polar surface area (TPSA) is 61.8 Å². The molecule has 0 saturated heterocycles. The summed E-state index contributed by atoms with van der Waals surface area (Å²) < 4.78 is 5.33. The lowest BCUT2D eigenvalue weighted by atomic mass is 10.0. The lowest BCUT2D eigenvalue weighted by molar-refractivity contribution is -0.121. The van der Waals surface area contributed by atoms with Crippen LogP contribution in [0, 0.1) is 6.92 Å². The third-order valence-electron chi connectivity index (χ3n) is 3.87. The fourth-order valence-corrected chi connectivity index (χ4v) is 2.65.